The van der Waals surface area contributed by atoms with Gasteiger partial charge in [0.1, 0.15) is 0 Å². The molecule has 1 unspecified atom stereocenters. The van der Waals surface area contributed by atoms with Gasteiger partial charge in [0.05, 0.1) is 6.26 Å². The van der Waals surface area contributed by atoms with Crippen LogP contribution in [0.1, 0.15) is 19.8 Å². The Bertz CT molecular complexity index is 375. The average Bonchev–Trinajstić information content (AvgIpc) is 2.61. The number of hydrogen-bond acceptors (Lipinski definition) is 3. The van der Waals surface area contributed by atoms with Crippen LogP contribution in [-0.2, 0) is 14.8 Å². The molecule has 0 bridgehead atoms. The Hall–Kier alpha value is -0.680. The maximum atomic E-state index is 11.6. The first kappa shape index (κ1) is 13.4. The minimum absolute atomic E-state index is 0.0374. The summed E-state index contributed by atoms with van der Waals surface area (Å²) in [6, 6.07) is 0. The van der Waals surface area contributed by atoms with Crippen LogP contribution in [0.25, 0.3) is 0 Å². The van der Waals surface area contributed by atoms with E-state index in [1.54, 1.807) is 0 Å². The van der Waals surface area contributed by atoms with Gasteiger partial charge >= 0.3 is 0 Å². The van der Waals surface area contributed by atoms with Crippen molar-refractivity contribution in [2.24, 2.45) is 11.8 Å². The second-order valence-corrected chi connectivity index (χ2v) is 6.32. The summed E-state index contributed by atoms with van der Waals surface area (Å²) in [6.45, 7) is 6.29. The summed E-state index contributed by atoms with van der Waals surface area (Å²) in [7, 11) is -3.18. The molecule has 1 heterocycles. The van der Waals surface area contributed by atoms with E-state index in [9.17, 15) is 13.2 Å². The van der Waals surface area contributed by atoms with E-state index in [4.69, 9.17) is 0 Å². The van der Waals surface area contributed by atoms with Crippen LogP contribution in [0.2, 0.25) is 0 Å². The van der Waals surface area contributed by atoms with Crippen molar-refractivity contribution in [3.8, 4) is 0 Å². The van der Waals surface area contributed by atoms with E-state index in [0.717, 1.165) is 12.8 Å². The molecule has 0 aromatic rings. The number of sulfonamides is 1. The monoisotopic (exact) mass is 245 g/mol. The van der Waals surface area contributed by atoms with Crippen molar-refractivity contribution in [3.63, 3.8) is 0 Å². The Labute approximate surface area is 97.4 Å². The van der Waals surface area contributed by atoms with Crippen LogP contribution in [0.15, 0.2) is 12.7 Å². The predicted molar refractivity (Wildman–Crippen MR) is 63.5 cm³/mol. The Morgan fingerprint density at radius 1 is 1.50 bits per heavy atom. The molecule has 2 atom stereocenters. The molecule has 1 fully saturated rings. The summed E-state index contributed by atoms with van der Waals surface area (Å²) >= 11 is 0. The van der Waals surface area contributed by atoms with Crippen LogP contribution in [-0.4, -0.2) is 37.9 Å². The fraction of sp³-hybridized carbons (Fsp3) is 0.727. The molecule has 4 nitrogen and oxygen atoms in total. The zero-order valence-corrected chi connectivity index (χ0v) is 10.7. The molecule has 1 rings (SSSR count). The second kappa shape index (κ2) is 5.10. The predicted octanol–water partition coefficient (Wildman–Crippen LogP) is 1.05. The number of rotatable bonds is 5. The van der Waals surface area contributed by atoms with Crippen molar-refractivity contribution in [1.82, 2.24) is 4.31 Å². The minimum Gasteiger partial charge on any atom is -0.295 e. The Balaban J connectivity index is 2.83. The lowest BCUT2D eigenvalue weighted by molar-refractivity contribution is -0.118. The lowest BCUT2D eigenvalue weighted by Gasteiger charge is -2.13. The summed E-state index contributed by atoms with van der Waals surface area (Å²) in [5.74, 6) is -0.0954. The summed E-state index contributed by atoms with van der Waals surface area (Å²) in [4.78, 5) is 11.6. The van der Waals surface area contributed by atoms with Crippen LogP contribution < -0.4 is 0 Å². The van der Waals surface area contributed by atoms with Gasteiger partial charge in [-0.05, 0) is 18.4 Å². The molecule has 1 aliphatic rings. The van der Waals surface area contributed by atoms with Crippen LogP contribution >= 0.6 is 0 Å². The number of carbonyl (C=O) groups is 1. The first-order valence-electron chi connectivity index (χ1n) is 5.51. The largest absolute Gasteiger partial charge is 0.295 e. The fourth-order valence-corrected chi connectivity index (χ4v) is 3.13. The van der Waals surface area contributed by atoms with Gasteiger partial charge in [0, 0.05) is 19.0 Å². The van der Waals surface area contributed by atoms with E-state index in [-0.39, 0.29) is 17.6 Å². The highest BCUT2D eigenvalue weighted by molar-refractivity contribution is 7.88. The molecule has 0 aliphatic carbocycles. The van der Waals surface area contributed by atoms with Gasteiger partial charge < -0.3 is 0 Å². The molecular formula is C11H19NO3S. The van der Waals surface area contributed by atoms with Gasteiger partial charge in [-0.25, -0.2) is 12.7 Å². The third kappa shape index (κ3) is 2.92. The Morgan fingerprint density at radius 3 is 2.56 bits per heavy atom. The van der Waals surface area contributed by atoms with Gasteiger partial charge in [-0.2, -0.15) is 0 Å². The van der Waals surface area contributed by atoms with Crippen LogP contribution in [0.5, 0.6) is 0 Å². The SMILES string of the molecule is C=CC(=O)C1CN(S(C)(=O)=O)C[C@@H]1CCC. The van der Waals surface area contributed by atoms with Crippen molar-refractivity contribution in [3.05, 3.63) is 12.7 Å². The van der Waals surface area contributed by atoms with E-state index in [0.29, 0.717) is 13.1 Å². The van der Waals surface area contributed by atoms with Crippen LogP contribution in [0, 0.1) is 11.8 Å². The van der Waals surface area contributed by atoms with E-state index < -0.39 is 10.0 Å². The van der Waals surface area contributed by atoms with Gasteiger partial charge in [0.2, 0.25) is 10.0 Å². The summed E-state index contributed by atoms with van der Waals surface area (Å²) in [6.07, 6.45) is 4.34. The number of hydrogen-bond donors (Lipinski definition) is 0. The molecule has 0 aromatic carbocycles. The summed E-state index contributed by atoms with van der Waals surface area (Å²) in [5, 5.41) is 0. The van der Waals surface area contributed by atoms with Crippen molar-refractivity contribution in [2.75, 3.05) is 19.3 Å². The van der Waals surface area contributed by atoms with Crippen molar-refractivity contribution in [1.29, 1.82) is 0 Å². The van der Waals surface area contributed by atoms with Crippen molar-refractivity contribution in [2.45, 2.75) is 19.8 Å². The molecule has 0 N–H and O–H groups in total. The molecule has 0 aromatic heterocycles. The zero-order chi connectivity index (χ0) is 12.3. The lowest BCUT2D eigenvalue weighted by atomic mass is 9.88. The fourth-order valence-electron chi connectivity index (χ4n) is 2.24. The molecular weight excluding hydrogens is 226 g/mol. The highest BCUT2D eigenvalue weighted by Crippen LogP contribution is 2.29. The van der Waals surface area contributed by atoms with E-state index in [1.807, 2.05) is 6.92 Å². The summed E-state index contributed by atoms with van der Waals surface area (Å²) < 4.78 is 24.3. The molecule has 0 amide bonds. The van der Waals surface area contributed by atoms with Crippen molar-refractivity contribution >= 4 is 15.8 Å². The van der Waals surface area contributed by atoms with Gasteiger partial charge in [0.25, 0.3) is 0 Å². The topological polar surface area (TPSA) is 54.5 Å². The molecule has 0 spiro atoms. The second-order valence-electron chi connectivity index (χ2n) is 4.34. The van der Waals surface area contributed by atoms with Gasteiger partial charge in [-0.1, -0.05) is 19.9 Å². The Morgan fingerprint density at radius 2 is 2.12 bits per heavy atom. The van der Waals surface area contributed by atoms with E-state index >= 15 is 0 Å². The molecule has 5 heteroatoms. The lowest BCUT2D eigenvalue weighted by Crippen LogP contribution is -2.28. The molecule has 92 valence electrons. The third-order valence-electron chi connectivity index (χ3n) is 3.10. The highest BCUT2D eigenvalue weighted by Gasteiger charge is 2.39. The molecule has 0 saturated carbocycles. The standard InChI is InChI=1S/C11H19NO3S/c1-4-6-9-7-12(16(3,14)15)8-10(9)11(13)5-2/h5,9-10H,2,4,6-8H2,1,3H3/t9-,10?/m0/s1. The minimum atomic E-state index is -3.18. The van der Waals surface area contributed by atoms with Gasteiger partial charge in [-0.15, -0.1) is 0 Å². The molecule has 0 radical (unpaired) electrons. The molecule has 1 aliphatic heterocycles. The van der Waals surface area contributed by atoms with E-state index in [2.05, 4.69) is 6.58 Å². The van der Waals surface area contributed by atoms with E-state index in [1.165, 1.54) is 16.6 Å². The van der Waals surface area contributed by atoms with Crippen LogP contribution in [0.4, 0.5) is 0 Å². The third-order valence-corrected chi connectivity index (χ3v) is 4.34. The number of ketones is 1. The first-order chi connectivity index (χ1) is 7.40. The smallest absolute Gasteiger partial charge is 0.211 e. The maximum Gasteiger partial charge on any atom is 0.211 e. The zero-order valence-electron chi connectivity index (χ0n) is 9.85. The molecule has 16 heavy (non-hydrogen) atoms. The number of nitrogens with zero attached hydrogens (tertiary/aromatic N) is 1. The first-order valence-corrected chi connectivity index (χ1v) is 7.36. The Kier molecular flexibility index (Phi) is 4.27. The van der Waals surface area contributed by atoms with Gasteiger partial charge in [-0.3, -0.25) is 4.79 Å². The maximum absolute atomic E-state index is 11.6. The number of allylic oxidation sites excluding steroid dienone is 1. The van der Waals surface area contributed by atoms with Gasteiger partial charge in [0.15, 0.2) is 5.78 Å². The molecule has 1 saturated heterocycles. The van der Waals surface area contributed by atoms with Crippen LogP contribution in [0.3, 0.4) is 0 Å². The number of carbonyl (C=O) groups excluding carboxylic acids is 1. The average molecular weight is 245 g/mol. The van der Waals surface area contributed by atoms with Crippen molar-refractivity contribution < 1.29 is 13.2 Å². The quantitative estimate of drug-likeness (QED) is 0.680. The normalized spacial score (nSPS) is 26.9. The highest BCUT2D eigenvalue weighted by atomic mass is 32.2. The summed E-state index contributed by atoms with van der Waals surface area (Å²) in [5.41, 5.74) is 0.